The summed E-state index contributed by atoms with van der Waals surface area (Å²) in [5, 5.41) is 6.08. The number of hydrogen-bond donors (Lipinski definition) is 2. The number of amides is 3. The lowest BCUT2D eigenvalue weighted by Crippen LogP contribution is -2.55. The normalized spacial score (nSPS) is 20.2. The van der Waals surface area contributed by atoms with Crippen molar-refractivity contribution in [1.29, 1.82) is 0 Å². The minimum atomic E-state index is -0.0131. The highest BCUT2D eigenvalue weighted by Gasteiger charge is 2.27. The van der Waals surface area contributed by atoms with Crippen LogP contribution in [0.2, 0.25) is 0 Å². The van der Waals surface area contributed by atoms with Gasteiger partial charge in [0.25, 0.3) is 0 Å². The first-order valence-electron chi connectivity index (χ1n) is 12.5. The third kappa shape index (κ3) is 7.01. The smallest absolute Gasteiger partial charge is 0.238 e. The molecule has 0 unspecified atom stereocenters. The molecule has 2 aliphatic heterocycles. The van der Waals surface area contributed by atoms with Gasteiger partial charge in [-0.15, -0.1) is 0 Å². The van der Waals surface area contributed by atoms with Crippen LogP contribution in [0.1, 0.15) is 24.0 Å². The molecular weight excluding hydrogens is 432 g/mol. The van der Waals surface area contributed by atoms with Gasteiger partial charge < -0.3 is 15.5 Å². The number of rotatable bonds is 8. The summed E-state index contributed by atoms with van der Waals surface area (Å²) in [7, 11) is 0. The summed E-state index contributed by atoms with van der Waals surface area (Å²) in [5.41, 5.74) is 3.02. The number of nitrogens with zero attached hydrogens (tertiary/aromatic N) is 4. The molecule has 1 saturated carbocycles. The van der Waals surface area contributed by atoms with Crippen LogP contribution in [0, 0.1) is 13.8 Å². The van der Waals surface area contributed by atoms with Crippen LogP contribution in [0.4, 0.5) is 5.69 Å². The van der Waals surface area contributed by atoms with Crippen LogP contribution in [0.5, 0.6) is 0 Å². The summed E-state index contributed by atoms with van der Waals surface area (Å²) >= 11 is 0. The molecule has 34 heavy (non-hydrogen) atoms. The summed E-state index contributed by atoms with van der Waals surface area (Å²) in [6.07, 6.45) is 2.21. The van der Waals surface area contributed by atoms with Gasteiger partial charge in [0.2, 0.25) is 17.7 Å². The van der Waals surface area contributed by atoms with Gasteiger partial charge in [-0.2, -0.15) is 0 Å². The first-order chi connectivity index (χ1) is 16.4. The monoisotopic (exact) mass is 470 g/mol. The van der Waals surface area contributed by atoms with Crippen molar-refractivity contribution in [1.82, 2.24) is 24.9 Å². The maximum Gasteiger partial charge on any atom is 0.238 e. The fraction of sp³-hybridized carbons (Fsp3) is 0.640. The molecule has 4 rings (SSSR count). The second-order valence-electron chi connectivity index (χ2n) is 9.87. The van der Waals surface area contributed by atoms with Crippen LogP contribution in [0.25, 0.3) is 0 Å². The Bertz CT molecular complexity index is 866. The lowest BCUT2D eigenvalue weighted by molar-refractivity contribution is -0.135. The fourth-order valence-corrected chi connectivity index (χ4v) is 4.65. The van der Waals surface area contributed by atoms with Gasteiger partial charge in [0.05, 0.1) is 19.6 Å². The van der Waals surface area contributed by atoms with Crippen molar-refractivity contribution in [3.8, 4) is 0 Å². The molecule has 2 N–H and O–H groups in total. The van der Waals surface area contributed by atoms with Gasteiger partial charge in [-0.05, 0) is 37.8 Å². The van der Waals surface area contributed by atoms with Gasteiger partial charge in [0.1, 0.15) is 0 Å². The minimum Gasteiger partial charge on any atom is -0.352 e. The van der Waals surface area contributed by atoms with E-state index in [0.717, 1.165) is 55.8 Å². The van der Waals surface area contributed by atoms with E-state index < -0.39 is 0 Å². The SMILES string of the molecule is Cc1cccc(C)c1NC(=O)CN1CCN(C(=O)CN2CCN(CC(=O)NC3CC3)CC2)CC1. The molecule has 2 heterocycles. The highest BCUT2D eigenvalue weighted by Crippen LogP contribution is 2.20. The Morgan fingerprint density at radius 3 is 1.82 bits per heavy atom. The third-order valence-electron chi connectivity index (χ3n) is 6.97. The maximum absolute atomic E-state index is 12.8. The van der Waals surface area contributed by atoms with Crippen molar-refractivity contribution in [3.05, 3.63) is 29.3 Å². The Morgan fingerprint density at radius 2 is 1.26 bits per heavy atom. The number of aryl methyl sites for hydroxylation is 2. The van der Waals surface area contributed by atoms with Crippen LogP contribution in [-0.4, -0.2) is 115 Å². The van der Waals surface area contributed by atoms with Crippen LogP contribution in [0.15, 0.2) is 18.2 Å². The average molecular weight is 471 g/mol. The van der Waals surface area contributed by atoms with Crippen molar-refractivity contribution in [2.24, 2.45) is 0 Å². The molecule has 0 aromatic heterocycles. The van der Waals surface area contributed by atoms with Crippen LogP contribution in [0.3, 0.4) is 0 Å². The zero-order valence-electron chi connectivity index (χ0n) is 20.5. The van der Waals surface area contributed by atoms with Gasteiger partial charge in [-0.3, -0.25) is 29.1 Å². The topological polar surface area (TPSA) is 88.2 Å². The second kappa shape index (κ2) is 11.3. The summed E-state index contributed by atoms with van der Waals surface area (Å²) in [5.74, 6) is 0.257. The Morgan fingerprint density at radius 1 is 0.765 bits per heavy atom. The number of para-hydroxylation sites is 1. The van der Waals surface area contributed by atoms with E-state index in [1.807, 2.05) is 36.9 Å². The van der Waals surface area contributed by atoms with Crippen molar-refractivity contribution >= 4 is 23.4 Å². The first kappa shape index (κ1) is 24.6. The van der Waals surface area contributed by atoms with Crippen LogP contribution in [-0.2, 0) is 14.4 Å². The van der Waals surface area contributed by atoms with E-state index in [2.05, 4.69) is 25.3 Å². The van der Waals surface area contributed by atoms with E-state index in [1.54, 1.807) is 0 Å². The molecule has 186 valence electrons. The molecule has 0 radical (unpaired) electrons. The molecule has 2 saturated heterocycles. The molecule has 3 fully saturated rings. The van der Waals surface area contributed by atoms with Gasteiger partial charge in [-0.1, -0.05) is 18.2 Å². The number of nitrogens with one attached hydrogen (secondary N) is 2. The lowest BCUT2D eigenvalue weighted by atomic mass is 10.1. The largest absolute Gasteiger partial charge is 0.352 e. The third-order valence-corrected chi connectivity index (χ3v) is 6.97. The quantitative estimate of drug-likeness (QED) is 0.568. The molecule has 9 heteroatoms. The Kier molecular flexibility index (Phi) is 8.18. The van der Waals surface area contributed by atoms with E-state index >= 15 is 0 Å². The summed E-state index contributed by atoms with van der Waals surface area (Å²) in [4.78, 5) is 45.7. The van der Waals surface area contributed by atoms with Crippen molar-refractivity contribution < 1.29 is 14.4 Å². The summed E-state index contributed by atoms with van der Waals surface area (Å²) in [6.45, 7) is 11.2. The van der Waals surface area contributed by atoms with E-state index in [0.29, 0.717) is 51.9 Å². The predicted molar refractivity (Wildman–Crippen MR) is 132 cm³/mol. The molecule has 3 amide bonds. The standard InChI is InChI=1S/C25H38N6O3/c1-19-4-3-5-20(2)25(19)27-23(33)17-29-12-14-31(15-13-29)24(34)18-30-10-8-28(9-11-30)16-22(32)26-21-6-7-21/h3-5,21H,6-18H2,1-2H3,(H,26,32)(H,27,33). The van der Waals surface area contributed by atoms with Crippen molar-refractivity contribution in [2.45, 2.75) is 32.7 Å². The molecule has 1 aliphatic carbocycles. The number of carbonyl (C=O) groups excluding carboxylic acids is 3. The van der Waals surface area contributed by atoms with E-state index in [4.69, 9.17) is 0 Å². The molecular formula is C25H38N6O3. The highest BCUT2D eigenvalue weighted by molar-refractivity contribution is 5.93. The van der Waals surface area contributed by atoms with Gasteiger partial charge in [-0.25, -0.2) is 0 Å². The zero-order chi connectivity index (χ0) is 24.1. The molecule has 3 aliphatic rings. The maximum atomic E-state index is 12.8. The number of piperazine rings is 2. The number of hydrogen-bond acceptors (Lipinski definition) is 6. The summed E-state index contributed by atoms with van der Waals surface area (Å²) in [6, 6.07) is 6.39. The van der Waals surface area contributed by atoms with Gasteiger partial charge in [0, 0.05) is 64.1 Å². The number of benzene rings is 1. The predicted octanol–water partition coefficient (Wildman–Crippen LogP) is 0.282. The molecule has 9 nitrogen and oxygen atoms in total. The molecule has 0 atom stereocenters. The van der Waals surface area contributed by atoms with E-state index in [-0.39, 0.29) is 17.7 Å². The van der Waals surface area contributed by atoms with Crippen molar-refractivity contribution in [2.75, 3.05) is 77.3 Å². The molecule has 1 aromatic rings. The Balaban J connectivity index is 1.13. The second-order valence-corrected chi connectivity index (χ2v) is 9.87. The minimum absolute atomic E-state index is 0.0131. The lowest BCUT2D eigenvalue weighted by Gasteiger charge is -2.37. The van der Waals surface area contributed by atoms with Gasteiger partial charge in [0.15, 0.2) is 0 Å². The van der Waals surface area contributed by atoms with Crippen LogP contribution >= 0.6 is 0 Å². The first-order valence-corrected chi connectivity index (χ1v) is 12.5. The van der Waals surface area contributed by atoms with Crippen molar-refractivity contribution in [3.63, 3.8) is 0 Å². The molecule has 0 spiro atoms. The van der Waals surface area contributed by atoms with Gasteiger partial charge >= 0.3 is 0 Å². The number of anilines is 1. The van der Waals surface area contributed by atoms with E-state index in [1.165, 1.54) is 0 Å². The average Bonchev–Trinajstić information content (AvgIpc) is 3.62. The molecule has 1 aromatic carbocycles. The zero-order valence-corrected chi connectivity index (χ0v) is 20.5. The fourth-order valence-electron chi connectivity index (χ4n) is 4.65. The van der Waals surface area contributed by atoms with Crippen LogP contribution < -0.4 is 10.6 Å². The Hall–Kier alpha value is -2.49. The Labute approximate surface area is 202 Å². The number of carbonyl (C=O) groups is 3. The highest BCUT2D eigenvalue weighted by atomic mass is 16.2. The molecule has 0 bridgehead atoms. The summed E-state index contributed by atoms with van der Waals surface area (Å²) < 4.78 is 0. The van der Waals surface area contributed by atoms with E-state index in [9.17, 15) is 14.4 Å².